The summed E-state index contributed by atoms with van der Waals surface area (Å²) in [4.78, 5) is 4.67. The first-order chi connectivity index (χ1) is 9.31. The highest BCUT2D eigenvalue weighted by Crippen LogP contribution is 2.24. The molecule has 0 radical (unpaired) electrons. The minimum atomic E-state index is 0.666. The fourth-order valence-corrected chi connectivity index (χ4v) is 3.70. The summed E-state index contributed by atoms with van der Waals surface area (Å²) in [5, 5.41) is 4.74. The van der Waals surface area contributed by atoms with Gasteiger partial charge in [0.2, 0.25) is 0 Å². The van der Waals surface area contributed by atoms with Gasteiger partial charge in [0.05, 0.1) is 10.2 Å². The molecule has 2 nitrogen and oxygen atoms in total. The summed E-state index contributed by atoms with van der Waals surface area (Å²) in [7, 11) is 0. The molecule has 0 amide bonds. The van der Waals surface area contributed by atoms with Gasteiger partial charge >= 0.3 is 0 Å². The largest absolute Gasteiger partial charge is 0.314 e. The summed E-state index contributed by atoms with van der Waals surface area (Å²) < 4.78 is 1.28. The molecular weight excluding hydrogens is 252 g/mol. The second-order valence-corrected chi connectivity index (χ2v) is 6.42. The Labute approximate surface area is 118 Å². The molecule has 0 saturated carbocycles. The van der Waals surface area contributed by atoms with E-state index in [1.54, 1.807) is 11.3 Å². The van der Waals surface area contributed by atoms with E-state index < -0.39 is 0 Å². The highest BCUT2D eigenvalue weighted by atomic mass is 32.1. The van der Waals surface area contributed by atoms with Gasteiger partial charge in [-0.1, -0.05) is 24.1 Å². The van der Waals surface area contributed by atoms with E-state index in [4.69, 9.17) is 0 Å². The molecule has 2 aromatic rings. The number of fused-ring (bicyclic) bond motifs is 1. The van der Waals surface area contributed by atoms with Crippen molar-refractivity contribution in [2.24, 2.45) is 0 Å². The molecule has 1 aliphatic rings. The molecule has 1 aromatic heterocycles. The van der Waals surface area contributed by atoms with Crippen LogP contribution in [0.3, 0.4) is 0 Å². The van der Waals surface area contributed by atoms with Crippen molar-refractivity contribution >= 4 is 27.6 Å². The van der Waals surface area contributed by atoms with Crippen LogP contribution in [0, 0.1) is 0 Å². The lowest BCUT2D eigenvalue weighted by atomic mass is 9.98. The maximum atomic E-state index is 4.67. The van der Waals surface area contributed by atoms with Crippen molar-refractivity contribution in [2.45, 2.75) is 38.6 Å². The minimum Gasteiger partial charge on any atom is -0.314 e. The number of para-hydroxylation sites is 1. The number of nitrogens with zero attached hydrogens (tertiary/aromatic N) is 1. The van der Waals surface area contributed by atoms with E-state index in [0.717, 1.165) is 16.9 Å². The van der Waals surface area contributed by atoms with E-state index in [0.29, 0.717) is 6.04 Å². The second-order valence-electron chi connectivity index (χ2n) is 5.36. The zero-order valence-electron chi connectivity index (χ0n) is 11.4. The summed E-state index contributed by atoms with van der Waals surface area (Å²) >= 11 is 1.78. The van der Waals surface area contributed by atoms with Crippen molar-refractivity contribution in [1.29, 1.82) is 0 Å². The van der Waals surface area contributed by atoms with Gasteiger partial charge in [-0.05, 0) is 50.9 Å². The van der Waals surface area contributed by atoms with Gasteiger partial charge in [0.25, 0.3) is 0 Å². The molecule has 0 spiro atoms. The normalized spacial score (nSPS) is 20.9. The van der Waals surface area contributed by atoms with Crippen LogP contribution in [0.1, 0.15) is 37.6 Å². The van der Waals surface area contributed by atoms with Crippen molar-refractivity contribution in [1.82, 2.24) is 10.3 Å². The predicted molar refractivity (Wildman–Crippen MR) is 83.5 cm³/mol. The van der Waals surface area contributed by atoms with Crippen LogP contribution in [0.25, 0.3) is 16.3 Å². The van der Waals surface area contributed by atoms with E-state index >= 15 is 0 Å². The molecule has 0 bridgehead atoms. The number of piperidine rings is 1. The molecule has 1 aliphatic heterocycles. The summed E-state index contributed by atoms with van der Waals surface area (Å²) in [6, 6.07) is 9.02. The van der Waals surface area contributed by atoms with Crippen molar-refractivity contribution in [2.75, 3.05) is 6.54 Å². The quantitative estimate of drug-likeness (QED) is 0.904. The van der Waals surface area contributed by atoms with Crippen LogP contribution in [-0.2, 0) is 0 Å². The van der Waals surface area contributed by atoms with E-state index in [2.05, 4.69) is 41.5 Å². The Kier molecular flexibility index (Phi) is 3.95. The summed E-state index contributed by atoms with van der Waals surface area (Å²) in [6.45, 7) is 3.40. The third-order valence-corrected chi connectivity index (χ3v) is 4.64. The molecule has 1 fully saturated rings. The summed E-state index contributed by atoms with van der Waals surface area (Å²) in [5.41, 5.74) is 2.54. The average Bonchev–Trinajstić information content (AvgIpc) is 2.81. The van der Waals surface area contributed by atoms with Gasteiger partial charge in [-0.3, -0.25) is 0 Å². The van der Waals surface area contributed by atoms with Crippen LogP contribution < -0.4 is 5.32 Å². The van der Waals surface area contributed by atoms with Gasteiger partial charge in [0.1, 0.15) is 5.01 Å². The monoisotopic (exact) mass is 272 g/mol. The van der Waals surface area contributed by atoms with Crippen LogP contribution in [0.15, 0.2) is 29.8 Å². The Morgan fingerprint density at radius 1 is 1.42 bits per heavy atom. The molecule has 1 N–H and O–H groups in total. The van der Waals surface area contributed by atoms with E-state index in [-0.39, 0.29) is 0 Å². The molecule has 1 atom stereocenters. The lowest BCUT2D eigenvalue weighted by molar-refractivity contribution is 0.399. The molecule has 100 valence electrons. The number of thiazole rings is 1. The zero-order valence-corrected chi connectivity index (χ0v) is 12.2. The molecule has 1 unspecified atom stereocenters. The van der Waals surface area contributed by atoms with Crippen molar-refractivity contribution in [3.8, 4) is 0 Å². The Morgan fingerprint density at radius 3 is 3.11 bits per heavy atom. The van der Waals surface area contributed by atoms with Crippen LogP contribution in [0.2, 0.25) is 0 Å². The first kappa shape index (κ1) is 12.8. The smallest absolute Gasteiger partial charge is 0.117 e. The fourth-order valence-electron chi connectivity index (χ4n) is 2.71. The van der Waals surface area contributed by atoms with Crippen molar-refractivity contribution in [3.63, 3.8) is 0 Å². The molecular formula is C16H20N2S. The fraction of sp³-hybridized carbons (Fsp3) is 0.438. The Balaban J connectivity index is 1.72. The summed E-state index contributed by atoms with van der Waals surface area (Å²) in [6.07, 6.45) is 7.41. The SMILES string of the molecule is C/C(=C/c1nc2ccccc2s1)CC1CCCCN1. The van der Waals surface area contributed by atoms with Crippen LogP contribution in [0.5, 0.6) is 0 Å². The third kappa shape index (κ3) is 3.23. The molecule has 3 rings (SSSR count). The van der Waals surface area contributed by atoms with Gasteiger partial charge in [-0.15, -0.1) is 11.3 Å². The maximum Gasteiger partial charge on any atom is 0.117 e. The van der Waals surface area contributed by atoms with Crippen LogP contribution in [0.4, 0.5) is 0 Å². The highest BCUT2D eigenvalue weighted by molar-refractivity contribution is 7.19. The lowest BCUT2D eigenvalue weighted by Gasteiger charge is -2.23. The molecule has 3 heteroatoms. The van der Waals surface area contributed by atoms with Crippen LogP contribution >= 0.6 is 11.3 Å². The van der Waals surface area contributed by atoms with Gasteiger partial charge in [-0.2, -0.15) is 0 Å². The molecule has 1 saturated heterocycles. The van der Waals surface area contributed by atoms with Gasteiger partial charge in [-0.25, -0.2) is 4.98 Å². The van der Waals surface area contributed by atoms with Crippen molar-refractivity contribution in [3.05, 3.63) is 34.8 Å². The van der Waals surface area contributed by atoms with Gasteiger partial charge in [0.15, 0.2) is 0 Å². The second kappa shape index (κ2) is 5.85. The molecule has 19 heavy (non-hydrogen) atoms. The van der Waals surface area contributed by atoms with E-state index in [9.17, 15) is 0 Å². The highest BCUT2D eigenvalue weighted by Gasteiger charge is 2.12. The molecule has 1 aromatic carbocycles. The number of nitrogens with one attached hydrogen (secondary N) is 1. The van der Waals surface area contributed by atoms with Gasteiger partial charge in [0, 0.05) is 6.04 Å². The number of benzene rings is 1. The lowest BCUT2D eigenvalue weighted by Crippen LogP contribution is -2.33. The standard InChI is InChI=1S/C16H20N2S/c1-12(10-13-6-4-5-9-17-13)11-16-18-14-7-2-3-8-15(14)19-16/h2-3,7-8,11,13,17H,4-6,9-10H2,1H3/b12-11-. The molecule has 2 heterocycles. The predicted octanol–water partition coefficient (Wildman–Crippen LogP) is 4.23. The number of rotatable bonds is 3. The van der Waals surface area contributed by atoms with Gasteiger partial charge < -0.3 is 5.32 Å². The maximum absolute atomic E-state index is 4.67. The molecule has 0 aliphatic carbocycles. The summed E-state index contributed by atoms with van der Waals surface area (Å²) in [5.74, 6) is 0. The average molecular weight is 272 g/mol. The Hall–Kier alpha value is -1.19. The van der Waals surface area contributed by atoms with Crippen molar-refractivity contribution < 1.29 is 0 Å². The first-order valence-corrected chi connectivity index (χ1v) is 7.89. The zero-order chi connectivity index (χ0) is 13.1. The third-order valence-electron chi connectivity index (χ3n) is 3.66. The number of aromatic nitrogens is 1. The number of hydrogen-bond acceptors (Lipinski definition) is 3. The Morgan fingerprint density at radius 2 is 2.32 bits per heavy atom. The number of hydrogen-bond donors (Lipinski definition) is 1. The van der Waals surface area contributed by atoms with E-state index in [1.807, 2.05) is 6.07 Å². The minimum absolute atomic E-state index is 0.666. The Bertz CT molecular complexity index is 546. The van der Waals surface area contributed by atoms with Crippen LogP contribution in [-0.4, -0.2) is 17.6 Å². The van der Waals surface area contributed by atoms with E-state index in [1.165, 1.54) is 36.1 Å². The first-order valence-electron chi connectivity index (χ1n) is 7.07. The topological polar surface area (TPSA) is 24.9 Å².